The zero-order valence-corrected chi connectivity index (χ0v) is 11.1. The van der Waals surface area contributed by atoms with Crippen molar-refractivity contribution in [3.8, 4) is 0 Å². The molecule has 92 valence electrons. The summed E-state index contributed by atoms with van der Waals surface area (Å²) in [6.45, 7) is 11.0. The second kappa shape index (κ2) is 4.50. The van der Waals surface area contributed by atoms with Crippen LogP contribution in [-0.4, -0.2) is 18.5 Å². The van der Waals surface area contributed by atoms with Crippen molar-refractivity contribution in [2.45, 2.75) is 59.5 Å². The number of allylic oxidation sites excluding steroid dienone is 2. The summed E-state index contributed by atoms with van der Waals surface area (Å²) in [5, 5.41) is 0. The second-order valence-corrected chi connectivity index (χ2v) is 5.68. The van der Waals surface area contributed by atoms with Gasteiger partial charge in [0.25, 0.3) is 0 Å². The molecule has 1 unspecified atom stereocenters. The molecule has 0 spiro atoms. The Bertz CT molecular complexity index is 274. The lowest BCUT2D eigenvalue weighted by Gasteiger charge is -2.36. The van der Waals surface area contributed by atoms with E-state index in [1.165, 1.54) is 12.0 Å². The van der Waals surface area contributed by atoms with E-state index in [0.29, 0.717) is 17.8 Å². The molecule has 0 radical (unpaired) electrons. The molecule has 1 aliphatic heterocycles. The molecule has 16 heavy (non-hydrogen) atoms. The van der Waals surface area contributed by atoms with Crippen molar-refractivity contribution >= 4 is 0 Å². The van der Waals surface area contributed by atoms with E-state index in [0.717, 1.165) is 0 Å². The van der Waals surface area contributed by atoms with Gasteiger partial charge in [0.05, 0.1) is 12.2 Å². The highest BCUT2D eigenvalue weighted by molar-refractivity contribution is 5.09. The van der Waals surface area contributed by atoms with Crippen LogP contribution in [0.25, 0.3) is 0 Å². The molecular weight excluding hydrogens is 200 g/mol. The van der Waals surface area contributed by atoms with Gasteiger partial charge in [-0.1, -0.05) is 25.5 Å². The molecule has 1 saturated heterocycles. The maximum atomic E-state index is 5.94. The molecule has 2 nitrogen and oxygen atoms in total. The predicted molar refractivity (Wildman–Crippen MR) is 65.1 cm³/mol. The Balaban J connectivity index is 2.09. The first-order valence-electron chi connectivity index (χ1n) is 6.47. The Morgan fingerprint density at radius 1 is 1.06 bits per heavy atom. The van der Waals surface area contributed by atoms with Gasteiger partial charge in [-0.25, -0.2) is 0 Å². The van der Waals surface area contributed by atoms with Crippen LogP contribution in [0.4, 0.5) is 0 Å². The summed E-state index contributed by atoms with van der Waals surface area (Å²) in [7, 11) is 0. The van der Waals surface area contributed by atoms with Gasteiger partial charge in [0.1, 0.15) is 0 Å². The molecule has 0 aromatic rings. The van der Waals surface area contributed by atoms with Gasteiger partial charge in [0.15, 0.2) is 6.29 Å². The predicted octanol–water partition coefficient (Wildman–Crippen LogP) is 3.37. The van der Waals surface area contributed by atoms with Gasteiger partial charge in [-0.2, -0.15) is 0 Å². The first-order valence-corrected chi connectivity index (χ1v) is 6.47. The number of rotatable bonds is 1. The summed E-state index contributed by atoms with van der Waals surface area (Å²) in [4.78, 5) is 0. The van der Waals surface area contributed by atoms with E-state index < -0.39 is 0 Å². The van der Waals surface area contributed by atoms with Gasteiger partial charge in [0, 0.05) is 5.92 Å². The molecule has 0 amide bonds. The molecule has 0 bridgehead atoms. The molecule has 2 heteroatoms. The van der Waals surface area contributed by atoms with Crippen molar-refractivity contribution in [3.63, 3.8) is 0 Å². The van der Waals surface area contributed by atoms with Crippen molar-refractivity contribution in [3.05, 3.63) is 11.6 Å². The van der Waals surface area contributed by atoms with Crippen molar-refractivity contribution in [1.29, 1.82) is 0 Å². The summed E-state index contributed by atoms with van der Waals surface area (Å²) >= 11 is 0. The monoisotopic (exact) mass is 224 g/mol. The van der Waals surface area contributed by atoms with Gasteiger partial charge in [-0.05, 0) is 39.0 Å². The molecule has 0 saturated carbocycles. The second-order valence-electron chi connectivity index (χ2n) is 5.68. The van der Waals surface area contributed by atoms with Crippen LogP contribution in [-0.2, 0) is 9.47 Å². The van der Waals surface area contributed by atoms with Crippen LogP contribution in [0.1, 0.15) is 41.0 Å². The summed E-state index contributed by atoms with van der Waals surface area (Å²) in [5.74, 6) is 1.73. The van der Waals surface area contributed by atoms with E-state index in [1.807, 2.05) is 0 Å². The van der Waals surface area contributed by atoms with Crippen LogP contribution in [0.5, 0.6) is 0 Å². The standard InChI is InChI=1S/C14H24O2/c1-8-6-9(2)13(10(3)7-8)14-15-11(4)12(5)16-14/h6,9-14H,7H2,1-5H3/t9-,10-,11-,12+,13-,14?/m0/s1. The minimum Gasteiger partial charge on any atom is -0.347 e. The molecule has 6 atom stereocenters. The molecule has 0 aromatic carbocycles. The lowest BCUT2D eigenvalue weighted by molar-refractivity contribution is -0.125. The smallest absolute Gasteiger partial charge is 0.162 e. The topological polar surface area (TPSA) is 18.5 Å². The summed E-state index contributed by atoms with van der Waals surface area (Å²) in [6, 6.07) is 0. The lowest BCUT2D eigenvalue weighted by atomic mass is 9.74. The molecule has 1 fully saturated rings. The average Bonchev–Trinajstić information content (AvgIpc) is 2.44. The van der Waals surface area contributed by atoms with Gasteiger partial charge >= 0.3 is 0 Å². The van der Waals surface area contributed by atoms with Gasteiger partial charge in [-0.15, -0.1) is 0 Å². The highest BCUT2D eigenvalue weighted by Gasteiger charge is 2.41. The number of hydrogen-bond donors (Lipinski definition) is 0. The van der Waals surface area contributed by atoms with Crippen LogP contribution in [0.3, 0.4) is 0 Å². The van der Waals surface area contributed by atoms with E-state index in [2.05, 4.69) is 40.7 Å². The Labute approximate surface area is 99.0 Å². The van der Waals surface area contributed by atoms with Crippen LogP contribution >= 0.6 is 0 Å². The molecular formula is C14H24O2. The third kappa shape index (κ3) is 2.18. The van der Waals surface area contributed by atoms with Gasteiger partial charge in [0.2, 0.25) is 0 Å². The molecule has 1 heterocycles. The molecule has 2 aliphatic rings. The fourth-order valence-electron chi connectivity index (χ4n) is 3.16. The Hall–Kier alpha value is -0.340. The van der Waals surface area contributed by atoms with Crippen molar-refractivity contribution < 1.29 is 9.47 Å². The van der Waals surface area contributed by atoms with Crippen LogP contribution < -0.4 is 0 Å². The summed E-state index contributed by atoms with van der Waals surface area (Å²) in [6.07, 6.45) is 4.03. The third-order valence-corrected chi connectivity index (χ3v) is 4.13. The lowest BCUT2D eigenvalue weighted by Crippen LogP contribution is -2.35. The first kappa shape index (κ1) is 12.1. The fraction of sp³-hybridized carbons (Fsp3) is 0.857. The Kier molecular flexibility index (Phi) is 3.41. The number of ether oxygens (including phenoxy) is 2. The van der Waals surface area contributed by atoms with E-state index in [-0.39, 0.29) is 18.5 Å². The molecule has 0 aromatic heterocycles. The van der Waals surface area contributed by atoms with Gasteiger partial charge in [-0.3, -0.25) is 0 Å². The average molecular weight is 224 g/mol. The highest BCUT2D eigenvalue weighted by atomic mass is 16.7. The van der Waals surface area contributed by atoms with E-state index in [1.54, 1.807) is 0 Å². The summed E-state index contributed by atoms with van der Waals surface area (Å²) < 4.78 is 11.9. The molecule has 1 aliphatic carbocycles. The zero-order valence-electron chi connectivity index (χ0n) is 11.1. The maximum absolute atomic E-state index is 5.94. The highest BCUT2D eigenvalue weighted by Crippen LogP contribution is 2.39. The minimum absolute atomic E-state index is 0.000602. The van der Waals surface area contributed by atoms with E-state index >= 15 is 0 Å². The van der Waals surface area contributed by atoms with Crippen molar-refractivity contribution in [2.75, 3.05) is 0 Å². The molecule has 0 N–H and O–H groups in total. The fourth-order valence-corrected chi connectivity index (χ4v) is 3.16. The zero-order chi connectivity index (χ0) is 11.9. The minimum atomic E-state index is -0.000602. The maximum Gasteiger partial charge on any atom is 0.162 e. The van der Waals surface area contributed by atoms with Crippen LogP contribution in [0, 0.1) is 17.8 Å². The van der Waals surface area contributed by atoms with Gasteiger partial charge < -0.3 is 9.47 Å². The SMILES string of the molecule is CC1=C[C@H](C)[C@H](C2O[C@@H](C)[C@@H](C)O2)[C@@H](C)C1. The van der Waals surface area contributed by atoms with Crippen LogP contribution in [0.2, 0.25) is 0 Å². The quantitative estimate of drug-likeness (QED) is 0.636. The van der Waals surface area contributed by atoms with Crippen molar-refractivity contribution in [2.24, 2.45) is 17.8 Å². The third-order valence-electron chi connectivity index (χ3n) is 4.13. The molecule has 2 rings (SSSR count). The van der Waals surface area contributed by atoms with Crippen LogP contribution in [0.15, 0.2) is 11.6 Å². The van der Waals surface area contributed by atoms with Crippen molar-refractivity contribution in [1.82, 2.24) is 0 Å². The normalized spacial score (nSPS) is 49.2. The number of hydrogen-bond acceptors (Lipinski definition) is 2. The van der Waals surface area contributed by atoms with E-state index in [9.17, 15) is 0 Å². The first-order chi connectivity index (χ1) is 7.49. The Morgan fingerprint density at radius 3 is 2.12 bits per heavy atom. The Morgan fingerprint density at radius 2 is 1.62 bits per heavy atom. The largest absolute Gasteiger partial charge is 0.347 e. The van der Waals surface area contributed by atoms with E-state index in [4.69, 9.17) is 9.47 Å². The summed E-state index contributed by atoms with van der Waals surface area (Å²) in [5.41, 5.74) is 1.51.